The maximum Gasteiger partial charge on any atom is 0.287 e. The highest BCUT2D eigenvalue weighted by Crippen LogP contribution is 2.10. The third kappa shape index (κ3) is 5.35. The summed E-state index contributed by atoms with van der Waals surface area (Å²) in [4.78, 5) is 37.6. The second-order valence-corrected chi connectivity index (χ2v) is 6.95. The van der Waals surface area contributed by atoms with E-state index < -0.39 is 23.8 Å². The molecule has 0 radical (unpaired) electrons. The van der Waals surface area contributed by atoms with Crippen LogP contribution in [-0.4, -0.2) is 23.8 Å². The Balaban J connectivity index is 1.69. The molecule has 3 N–H and O–H groups in total. The minimum atomic E-state index is -0.913. The third-order valence-electron chi connectivity index (χ3n) is 4.58. The molecule has 0 saturated carbocycles. The van der Waals surface area contributed by atoms with Crippen LogP contribution in [0.5, 0.6) is 0 Å². The quantitative estimate of drug-likeness (QED) is 0.549. The van der Waals surface area contributed by atoms with Crippen molar-refractivity contribution in [3.63, 3.8) is 0 Å². The molecule has 3 rings (SSSR count). The molecule has 7 nitrogen and oxygen atoms in total. The summed E-state index contributed by atoms with van der Waals surface area (Å²) in [6.45, 7) is 3.76. The summed E-state index contributed by atoms with van der Waals surface area (Å²) in [5, 5.41) is 2.65. The van der Waals surface area contributed by atoms with E-state index >= 15 is 0 Å². The fourth-order valence-corrected chi connectivity index (χ4v) is 3.04. The average molecular weight is 405 g/mol. The predicted molar refractivity (Wildman–Crippen MR) is 112 cm³/mol. The molecule has 0 saturated heterocycles. The van der Waals surface area contributed by atoms with Crippen molar-refractivity contribution in [3.05, 3.63) is 94.9 Å². The lowest BCUT2D eigenvalue weighted by Crippen LogP contribution is -2.53. The van der Waals surface area contributed by atoms with E-state index in [4.69, 9.17) is 4.42 Å². The summed E-state index contributed by atoms with van der Waals surface area (Å²) in [6, 6.07) is 16.9. The number of hydrogen-bond acceptors (Lipinski definition) is 4. The lowest BCUT2D eigenvalue weighted by atomic mass is 10.0. The van der Waals surface area contributed by atoms with Gasteiger partial charge in [-0.1, -0.05) is 48.0 Å². The number of hydrogen-bond donors (Lipinski definition) is 3. The van der Waals surface area contributed by atoms with Crippen LogP contribution in [-0.2, 0) is 11.2 Å². The highest BCUT2D eigenvalue weighted by Gasteiger charge is 2.23. The van der Waals surface area contributed by atoms with E-state index in [-0.39, 0.29) is 12.2 Å². The number of furan rings is 1. The van der Waals surface area contributed by atoms with E-state index in [0.717, 1.165) is 16.7 Å². The van der Waals surface area contributed by atoms with Gasteiger partial charge in [0.15, 0.2) is 5.76 Å². The summed E-state index contributed by atoms with van der Waals surface area (Å²) in [6.07, 6.45) is 1.63. The van der Waals surface area contributed by atoms with Gasteiger partial charge in [0, 0.05) is 12.0 Å². The van der Waals surface area contributed by atoms with Crippen molar-refractivity contribution in [2.45, 2.75) is 26.3 Å². The van der Waals surface area contributed by atoms with Gasteiger partial charge in [-0.25, -0.2) is 0 Å². The Hall–Kier alpha value is -3.87. The number of carbonyl (C=O) groups excluding carboxylic acids is 3. The summed E-state index contributed by atoms with van der Waals surface area (Å²) in [5.74, 6) is -1.40. The molecule has 0 bridgehead atoms. The molecule has 0 aliphatic heterocycles. The molecule has 0 unspecified atom stereocenters. The maximum absolute atomic E-state index is 12.8. The maximum atomic E-state index is 12.8. The molecule has 1 aromatic heterocycles. The molecule has 0 spiro atoms. The predicted octanol–water partition coefficient (Wildman–Crippen LogP) is 2.70. The van der Waals surface area contributed by atoms with Gasteiger partial charge < -0.3 is 9.73 Å². The highest BCUT2D eigenvalue weighted by molar-refractivity contribution is 5.98. The van der Waals surface area contributed by atoms with E-state index in [1.165, 1.54) is 12.3 Å². The summed E-state index contributed by atoms with van der Waals surface area (Å²) < 4.78 is 5.09. The van der Waals surface area contributed by atoms with Crippen LogP contribution in [0.1, 0.15) is 37.6 Å². The number of aryl methyl sites for hydroxylation is 2. The van der Waals surface area contributed by atoms with Crippen LogP contribution >= 0.6 is 0 Å². The first-order valence-electron chi connectivity index (χ1n) is 9.50. The molecule has 2 aromatic carbocycles. The SMILES string of the molecule is Cc1ccc(C(=O)NNC(=O)[C@H](Cc2ccccc2)NC(=O)c2ccco2)c(C)c1. The van der Waals surface area contributed by atoms with Gasteiger partial charge in [0.2, 0.25) is 0 Å². The largest absolute Gasteiger partial charge is 0.459 e. The van der Waals surface area contributed by atoms with Crippen LogP contribution in [0.15, 0.2) is 71.3 Å². The minimum absolute atomic E-state index is 0.0974. The molecular formula is C23H23N3O4. The van der Waals surface area contributed by atoms with E-state index in [1.54, 1.807) is 12.1 Å². The zero-order valence-electron chi connectivity index (χ0n) is 16.8. The Morgan fingerprint density at radius 1 is 0.900 bits per heavy atom. The van der Waals surface area contributed by atoms with Gasteiger partial charge in [0.05, 0.1) is 6.26 Å². The zero-order valence-corrected chi connectivity index (χ0v) is 16.8. The minimum Gasteiger partial charge on any atom is -0.459 e. The van der Waals surface area contributed by atoms with E-state index in [0.29, 0.717) is 5.56 Å². The molecule has 1 atom stereocenters. The molecule has 154 valence electrons. The number of rotatable bonds is 6. The number of hydrazine groups is 1. The fourth-order valence-electron chi connectivity index (χ4n) is 3.04. The monoisotopic (exact) mass is 405 g/mol. The number of carbonyl (C=O) groups is 3. The van der Waals surface area contributed by atoms with E-state index in [2.05, 4.69) is 16.2 Å². The van der Waals surface area contributed by atoms with Gasteiger partial charge in [0.1, 0.15) is 6.04 Å². The second-order valence-electron chi connectivity index (χ2n) is 6.95. The lowest BCUT2D eigenvalue weighted by Gasteiger charge is -2.18. The Morgan fingerprint density at radius 2 is 1.67 bits per heavy atom. The Labute approximate surface area is 174 Å². The van der Waals surface area contributed by atoms with Crippen LogP contribution in [0.4, 0.5) is 0 Å². The first-order chi connectivity index (χ1) is 14.4. The van der Waals surface area contributed by atoms with Crippen LogP contribution in [0.2, 0.25) is 0 Å². The summed E-state index contributed by atoms with van der Waals surface area (Å²) in [7, 11) is 0. The molecule has 3 aromatic rings. The fraction of sp³-hybridized carbons (Fsp3) is 0.174. The first-order valence-corrected chi connectivity index (χ1v) is 9.50. The third-order valence-corrected chi connectivity index (χ3v) is 4.58. The van der Waals surface area contributed by atoms with E-state index in [9.17, 15) is 14.4 Å². The van der Waals surface area contributed by atoms with Crippen molar-refractivity contribution in [2.75, 3.05) is 0 Å². The highest BCUT2D eigenvalue weighted by atomic mass is 16.3. The molecule has 1 heterocycles. The molecule has 3 amide bonds. The van der Waals surface area contributed by atoms with Crippen molar-refractivity contribution < 1.29 is 18.8 Å². The molecule has 0 aliphatic carbocycles. The molecule has 0 aliphatic rings. The van der Waals surface area contributed by atoms with Gasteiger partial charge >= 0.3 is 0 Å². The first kappa shape index (κ1) is 20.9. The van der Waals surface area contributed by atoms with Crippen LogP contribution in [0, 0.1) is 13.8 Å². The number of nitrogens with one attached hydrogen (secondary N) is 3. The topological polar surface area (TPSA) is 100 Å². The van der Waals surface area contributed by atoms with Crippen molar-refractivity contribution >= 4 is 17.7 Å². The number of benzene rings is 2. The Bertz CT molecular complexity index is 1030. The summed E-state index contributed by atoms with van der Waals surface area (Å²) in [5.41, 5.74) is 7.99. The van der Waals surface area contributed by atoms with Gasteiger partial charge in [-0.05, 0) is 43.2 Å². The van der Waals surface area contributed by atoms with Crippen molar-refractivity contribution in [1.29, 1.82) is 0 Å². The zero-order chi connectivity index (χ0) is 21.5. The summed E-state index contributed by atoms with van der Waals surface area (Å²) >= 11 is 0. The lowest BCUT2D eigenvalue weighted by molar-refractivity contribution is -0.123. The Kier molecular flexibility index (Phi) is 6.64. The standard InChI is InChI=1S/C23H23N3O4/c1-15-10-11-18(16(2)13-15)21(27)25-26-22(28)19(14-17-7-4-3-5-8-17)24-23(29)20-9-6-12-30-20/h3-13,19H,14H2,1-2H3,(H,24,29)(H,25,27)(H,26,28)/t19-/m0/s1. The Morgan fingerprint density at radius 3 is 2.33 bits per heavy atom. The second kappa shape index (κ2) is 9.56. The smallest absolute Gasteiger partial charge is 0.287 e. The normalized spacial score (nSPS) is 11.4. The van der Waals surface area contributed by atoms with E-state index in [1.807, 2.05) is 56.3 Å². The van der Waals surface area contributed by atoms with Crippen LogP contribution in [0.3, 0.4) is 0 Å². The van der Waals surface area contributed by atoms with Crippen LogP contribution < -0.4 is 16.2 Å². The van der Waals surface area contributed by atoms with Crippen molar-refractivity contribution in [2.24, 2.45) is 0 Å². The molecule has 30 heavy (non-hydrogen) atoms. The molecular weight excluding hydrogens is 382 g/mol. The van der Waals surface area contributed by atoms with Gasteiger partial charge in [0.25, 0.3) is 17.7 Å². The van der Waals surface area contributed by atoms with Crippen molar-refractivity contribution in [1.82, 2.24) is 16.2 Å². The van der Waals surface area contributed by atoms with Crippen LogP contribution in [0.25, 0.3) is 0 Å². The average Bonchev–Trinajstić information content (AvgIpc) is 3.27. The molecule has 0 fully saturated rings. The number of amides is 3. The van der Waals surface area contributed by atoms with Gasteiger partial charge in [-0.3, -0.25) is 25.2 Å². The van der Waals surface area contributed by atoms with Crippen molar-refractivity contribution in [3.8, 4) is 0 Å². The molecule has 7 heteroatoms. The van der Waals surface area contributed by atoms with Gasteiger partial charge in [-0.15, -0.1) is 0 Å². The van der Waals surface area contributed by atoms with Gasteiger partial charge in [-0.2, -0.15) is 0 Å².